The van der Waals surface area contributed by atoms with Gasteiger partial charge in [-0.05, 0) is 22.6 Å². The lowest BCUT2D eigenvalue weighted by Crippen LogP contribution is -2.28. The SMILES string of the molecule is O=c1[nH]c(=S)c(I)cn1[C@H]1CC(O)[C@@H](CO)O1. The number of aromatic nitrogens is 2. The van der Waals surface area contributed by atoms with E-state index in [9.17, 15) is 9.90 Å². The second-order valence-electron chi connectivity index (χ2n) is 3.76. The average Bonchev–Trinajstić information content (AvgIpc) is 2.65. The molecule has 1 saturated heterocycles. The minimum absolute atomic E-state index is 0.270. The van der Waals surface area contributed by atoms with Crippen LogP contribution in [0.25, 0.3) is 0 Å². The zero-order valence-corrected chi connectivity index (χ0v) is 11.6. The zero-order valence-electron chi connectivity index (χ0n) is 8.67. The van der Waals surface area contributed by atoms with E-state index in [1.807, 2.05) is 22.6 Å². The fourth-order valence-corrected chi connectivity index (χ4v) is 2.30. The van der Waals surface area contributed by atoms with Crippen LogP contribution in [0.15, 0.2) is 11.0 Å². The monoisotopic (exact) mass is 370 g/mol. The van der Waals surface area contributed by atoms with Gasteiger partial charge in [-0.3, -0.25) is 9.55 Å². The first-order chi connectivity index (χ1) is 8.02. The maximum absolute atomic E-state index is 11.7. The number of aliphatic hydroxyl groups is 2. The van der Waals surface area contributed by atoms with Crippen LogP contribution in [-0.2, 0) is 4.74 Å². The molecule has 0 bridgehead atoms. The first-order valence-electron chi connectivity index (χ1n) is 4.98. The van der Waals surface area contributed by atoms with Crippen LogP contribution >= 0.6 is 34.8 Å². The van der Waals surface area contributed by atoms with E-state index in [0.29, 0.717) is 4.64 Å². The van der Waals surface area contributed by atoms with Crippen LogP contribution < -0.4 is 5.69 Å². The molecule has 8 heteroatoms. The molecule has 1 aliphatic heterocycles. The quantitative estimate of drug-likeness (QED) is 0.510. The Labute approximate surface area is 115 Å². The summed E-state index contributed by atoms with van der Waals surface area (Å²) in [5.74, 6) is 0. The van der Waals surface area contributed by atoms with Crippen LogP contribution in [0.5, 0.6) is 0 Å². The fraction of sp³-hybridized carbons (Fsp3) is 0.556. The second-order valence-corrected chi connectivity index (χ2v) is 5.33. The smallest absolute Gasteiger partial charge is 0.328 e. The molecular weight excluding hydrogens is 359 g/mol. The molecule has 94 valence electrons. The van der Waals surface area contributed by atoms with Crippen LogP contribution in [0.3, 0.4) is 0 Å². The lowest BCUT2D eigenvalue weighted by molar-refractivity contribution is -0.0459. The van der Waals surface area contributed by atoms with Gasteiger partial charge >= 0.3 is 5.69 Å². The minimum Gasteiger partial charge on any atom is -0.394 e. The normalized spacial score (nSPS) is 28.5. The highest BCUT2D eigenvalue weighted by Crippen LogP contribution is 2.27. The standard InChI is InChI=1S/C9H11IN2O4S/c10-4-2-12(9(15)11-8(4)17)7-1-5(14)6(3-13)16-7/h2,5-7,13-14H,1,3H2,(H,11,15,17)/t5?,6-,7-/m1/s1. The molecule has 17 heavy (non-hydrogen) atoms. The molecule has 3 N–H and O–H groups in total. The van der Waals surface area contributed by atoms with Crippen molar-refractivity contribution in [2.24, 2.45) is 0 Å². The predicted octanol–water partition coefficient (Wildman–Crippen LogP) is 0.151. The van der Waals surface area contributed by atoms with Gasteiger partial charge in [0.15, 0.2) is 0 Å². The highest BCUT2D eigenvalue weighted by atomic mass is 127. The largest absolute Gasteiger partial charge is 0.394 e. The van der Waals surface area contributed by atoms with Gasteiger partial charge < -0.3 is 14.9 Å². The summed E-state index contributed by atoms with van der Waals surface area (Å²) in [6.45, 7) is -0.271. The Kier molecular flexibility index (Phi) is 3.98. The summed E-state index contributed by atoms with van der Waals surface area (Å²) in [5, 5.41) is 18.6. The van der Waals surface area contributed by atoms with Gasteiger partial charge in [0, 0.05) is 12.6 Å². The van der Waals surface area contributed by atoms with Crippen molar-refractivity contribution < 1.29 is 14.9 Å². The van der Waals surface area contributed by atoms with Gasteiger partial charge in [0.05, 0.1) is 16.3 Å². The summed E-state index contributed by atoms with van der Waals surface area (Å²) < 4.78 is 7.84. The Hall–Kier alpha value is -0.290. The van der Waals surface area contributed by atoms with Gasteiger partial charge in [0.25, 0.3) is 0 Å². The van der Waals surface area contributed by atoms with Gasteiger partial charge in [0.1, 0.15) is 17.0 Å². The van der Waals surface area contributed by atoms with Crippen molar-refractivity contribution in [2.75, 3.05) is 6.61 Å². The van der Waals surface area contributed by atoms with E-state index < -0.39 is 18.4 Å². The van der Waals surface area contributed by atoms with Crippen LogP contribution in [0, 0.1) is 8.21 Å². The molecule has 2 rings (SSSR count). The van der Waals surface area contributed by atoms with E-state index in [2.05, 4.69) is 4.98 Å². The predicted molar refractivity (Wildman–Crippen MR) is 70.2 cm³/mol. The number of nitrogens with one attached hydrogen (secondary N) is 1. The van der Waals surface area contributed by atoms with Crippen LogP contribution in [0.2, 0.25) is 0 Å². The molecule has 2 heterocycles. The summed E-state index contributed by atoms with van der Waals surface area (Å²) in [7, 11) is 0. The second kappa shape index (κ2) is 5.14. The van der Waals surface area contributed by atoms with Crippen molar-refractivity contribution in [1.82, 2.24) is 9.55 Å². The Morgan fingerprint density at radius 3 is 3.00 bits per heavy atom. The number of nitrogens with zero attached hydrogens (tertiary/aromatic N) is 1. The van der Waals surface area contributed by atoms with Gasteiger partial charge in [-0.25, -0.2) is 4.79 Å². The molecule has 3 atom stereocenters. The molecule has 0 radical (unpaired) electrons. The third-order valence-corrected chi connectivity index (χ3v) is 4.12. The summed E-state index contributed by atoms with van der Waals surface area (Å²) in [4.78, 5) is 14.2. The van der Waals surface area contributed by atoms with E-state index in [4.69, 9.17) is 22.1 Å². The first-order valence-corrected chi connectivity index (χ1v) is 6.47. The van der Waals surface area contributed by atoms with Gasteiger partial charge in [-0.1, -0.05) is 12.2 Å². The van der Waals surface area contributed by atoms with Crippen molar-refractivity contribution in [3.8, 4) is 0 Å². The maximum atomic E-state index is 11.7. The summed E-state index contributed by atoms with van der Waals surface area (Å²) >= 11 is 6.95. The molecular formula is C9H11IN2O4S. The average molecular weight is 370 g/mol. The first kappa shape index (κ1) is 13.1. The molecule has 0 aromatic carbocycles. The van der Waals surface area contributed by atoms with Crippen LogP contribution in [-0.4, -0.2) is 38.6 Å². The molecule has 0 spiro atoms. The van der Waals surface area contributed by atoms with E-state index in [1.54, 1.807) is 6.20 Å². The number of halogens is 1. The van der Waals surface area contributed by atoms with Gasteiger partial charge in [-0.15, -0.1) is 0 Å². The molecule has 1 aliphatic rings. The molecule has 1 aromatic rings. The van der Waals surface area contributed by atoms with E-state index >= 15 is 0 Å². The third-order valence-electron chi connectivity index (χ3n) is 2.62. The Morgan fingerprint density at radius 2 is 2.41 bits per heavy atom. The van der Waals surface area contributed by atoms with Crippen LogP contribution in [0.1, 0.15) is 12.6 Å². The number of aliphatic hydroxyl groups excluding tert-OH is 2. The van der Waals surface area contributed by atoms with E-state index in [-0.39, 0.29) is 18.7 Å². The topological polar surface area (TPSA) is 87.5 Å². The minimum atomic E-state index is -0.766. The molecule has 1 fully saturated rings. The van der Waals surface area contributed by atoms with Crippen molar-refractivity contribution in [3.05, 3.63) is 24.9 Å². The zero-order chi connectivity index (χ0) is 12.6. The fourth-order valence-electron chi connectivity index (χ4n) is 1.72. The van der Waals surface area contributed by atoms with Crippen LogP contribution in [0.4, 0.5) is 0 Å². The molecule has 6 nitrogen and oxygen atoms in total. The van der Waals surface area contributed by atoms with Gasteiger partial charge in [-0.2, -0.15) is 0 Å². The van der Waals surface area contributed by atoms with E-state index in [0.717, 1.165) is 3.57 Å². The highest BCUT2D eigenvalue weighted by Gasteiger charge is 2.34. The van der Waals surface area contributed by atoms with Gasteiger partial charge in [0.2, 0.25) is 0 Å². The number of hydrogen-bond donors (Lipinski definition) is 3. The summed E-state index contributed by atoms with van der Waals surface area (Å²) in [6.07, 6.45) is -0.134. The number of hydrogen-bond acceptors (Lipinski definition) is 5. The molecule has 0 saturated carbocycles. The molecule has 0 aliphatic carbocycles. The maximum Gasteiger partial charge on any atom is 0.328 e. The number of rotatable bonds is 2. The molecule has 1 unspecified atom stereocenters. The molecule has 1 aromatic heterocycles. The highest BCUT2D eigenvalue weighted by molar-refractivity contribution is 14.1. The van der Waals surface area contributed by atoms with Crippen molar-refractivity contribution in [1.29, 1.82) is 0 Å². The van der Waals surface area contributed by atoms with Crippen molar-refractivity contribution >= 4 is 34.8 Å². The Balaban J connectivity index is 2.34. The lowest BCUT2D eigenvalue weighted by Gasteiger charge is -2.14. The molecule has 0 amide bonds. The Morgan fingerprint density at radius 1 is 1.71 bits per heavy atom. The third kappa shape index (κ3) is 2.60. The van der Waals surface area contributed by atoms with Crippen molar-refractivity contribution in [2.45, 2.75) is 24.9 Å². The lowest BCUT2D eigenvalue weighted by atomic mass is 10.2. The summed E-state index contributed by atoms with van der Waals surface area (Å²) in [6, 6.07) is 0. The Bertz CT molecular complexity index is 528. The number of ether oxygens (including phenoxy) is 1. The number of aromatic amines is 1. The summed E-state index contributed by atoms with van der Waals surface area (Å²) in [5.41, 5.74) is -0.383. The van der Waals surface area contributed by atoms with E-state index in [1.165, 1.54) is 4.57 Å². The van der Waals surface area contributed by atoms with Crippen molar-refractivity contribution in [3.63, 3.8) is 0 Å². The number of H-pyrrole nitrogens is 1.